The minimum absolute atomic E-state index is 0.0884. The third kappa shape index (κ3) is 1.28. The molecule has 0 radical (unpaired) electrons. The quantitative estimate of drug-likeness (QED) is 0.539. The summed E-state index contributed by atoms with van der Waals surface area (Å²) < 4.78 is 38.9. The van der Waals surface area contributed by atoms with E-state index in [0.29, 0.717) is 6.26 Å². The summed E-state index contributed by atoms with van der Waals surface area (Å²) in [5.41, 5.74) is -0.817. The normalized spacial score (nSPS) is 18.3. The fourth-order valence-corrected chi connectivity index (χ4v) is 0.453. The molecule has 0 atom stereocenters. The Hall–Kier alpha value is -0.870. The van der Waals surface area contributed by atoms with E-state index in [1.807, 2.05) is 5.32 Å². The van der Waals surface area contributed by atoms with Gasteiger partial charge < -0.3 is 10.1 Å². The predicted octanol–water partition coefficient (Wildman–Crippen LogP) is 0.967. The van der Waals surface area contributed by atoms with Gasteiger partial charge in [0.1, 0.15) is 6.26 Å². The van der Waals surface area contributed by atoms with E-state index in [1.54, 1.807) is 0 Å². The predicted molar refractivity (Wildman–Crippen MR) is 23.2 cm³/mol. The van der Waals surface area contributed by atoms with E-state index >= 15 is 0 Å². The molecule has 0 saturated heterocycles. The maximum absolute atomic E-state index is 11.5. The Bertz CT molecular complexity index is 139. The molecule has 0 aromatic rings. The molecule has 0 spiro atoms. The summed E-state index contributed by atoms with van der Waals surface area (Å²) in [4.78, 5) is 0. The Balaban J connectivity index is 2.61. The molecule has 2 nitrogen and oxygen atoms in total. The van der Waals surface area contributed by atoms with Crippen molar-refractivity contribution in [3.05, 3.63) is 12.0 Å². The Morgan fingerprint density at radius 2 is 2.22 bits per heavy atom. The van der Waals surface area contributed by atoms with Crippen molar-refractivity contribution >= 4 is 0 Å². The van der Waals surface area contributed by atoms with Crippen LogP contribution in [0.1, 0.15) is 0 Å². The van der Waals surface area contributed by atoms with Crippen LogP contribution in [0.4, 0.5) is 13.2 Å². The third-order valence-electron chi connectivity index (χ3n) is 0.853. The van der Waals surface area contributed by atoms with Crippen LogP contribution < -0.4 is 5.32 Å². The van der Waals surface area contributed by atoms with Crippen LogP contribution in [-0.4, -0.2) is 12.9 Å². The minimum Gasteiger partial charge on any atom is -0.479 e. The highest BCUT2D eigenvalue weighted by atomic mass is 19.4. The Kier molecular flexibility index (Phi) is 1.27. The summed E-state index contributed by atoms with van der Waals surface area (Å²) >= 11 is 0. The molecule has 52 valence electrons. The number of allylic oxidation sites excluding steroid dienone is 1. The number of rotatable bonds is 0. The fraction of sp³-hybridized carbons (Fsp3) is 0.500. The average Bonchev–Trinajstić information content (AvgIpc) is 2.08. The molecule has 1 N–H and O–H groups in total. The summed E-state index contributed by atoms with van der Waals surface area (Å²) in [5, 5.41) is 2.01. The van der Waals surface area contributed by atoms with Gasteiger partial charge in [-0.3, -0.25) is 0 Å². The molecule has 0 aromatic heterocycles. The van der Waals surface area contributed by atoms with Crippen LogP contribution in [0.5, 0.6) is 0 Å². The van der Waals surface area contributed by atoms with Gasteiger partial charge in [-0.2, -0.15) is 13.2 Å². The van der Waals surface area contributed by atoms with Crippen molar-refractivity contribution in [2.24, 2.45) is 0 Å². The molecule has 1 rings (SSSR count). The first kappa shape index (κ1) is 6.25. The summed E-state index contributed by atoms with van der Waals surface area (Å²) in [6.45, 7) is -0.0884. The first-order chi connectivity index (χ1) is 4.11. The molecule has 0 aromatic carbocycles. The molecule has 1 heterocycles. The molecule has 0 unspecified atom stereocenters. The van der Waals surface area contributed by atoms with E-state index in [0.717, 1.165) is 0 Å². The fourth-order valence-electron chi connectivity index (χ4n) is 0.453. The molecule has 5 heteroatoms. The van der Waals surface area contributed by atoms with Crippen LogP contribution in [0.2, 0.25) is 0 Å². The largest absolute Gasteiger partial charge is 0.479 e. The lowest BCUT2D eigenvalue weighted by atomic mass is 10.5. The van der Waals surface area contributed by atoms with Crippen molar-refractivity contribution in [2.75, 3.05) is 6.73 Å². The van der Waals surface area contributed by atoms with Crippen molar-refractivity contribution in [3.8, 4) is 0 Å². The van der Waals surface area contributed by atoms with E-state index in [1.165, 1.54) is 0 Å². The number of alkyl halides is 3. The highest BCUT2D eigenvalue weighted by Crippen LogP contribution is 2.24. The van der Waals surface area contributed by atoms with Gasteiger partial charge in [0.15, 0.2) is 12.4 Å². The molecular formula is C4H4F3NO. The Morgan fingerprint density at radius 1 is 1.56 bits per heavy atom. The monoisotopic (exact) mass is 139 g/mol. The van der Waals surface area contributed by atoms with Crippen LogP contribution in [0.25, 0.3) is 0 Å². The second-order valence-electron chi connectivity index (χ2n) is 1.52. The lowest BCUT2D eigenvalue weighted by Crippen LogP contribution is -2.22. The molecule has 0 saturated carbocycles. The van der Waals surface area contributed by atoms with Gasteiger partial charge in [-0.05, 0) is 0 Å². The molecule has 9 heavy (non-hydrogen) atoms. The smallest absolute Gasteiger partial charge is 0.434 e. The summed E-state index contributed by atoms with van der Waals surface area (Å²) in [7, 11) is 0. The van der Waals surface area contributed by atoms with E-state index in [-0.39, 0.29) is 6.73 Å². The van der Waals surface area contributed by atoms with Gasteiger partial charge in [-0.1, -0.05) is 0 Å². The maximum atomic E-state index is 11.5. The minimum atomic E-state index is -4.30. The number of ether oxygens (including phenoxy) is 1. The number of hydrogen-bond acceptors (Lipinski definition) is 2. The van der Waals surface area contributed by atoms with E-state index < -0.39 is 11.9 Å². The van der Waals surface area contributed by atoms with Crippen LogP contribution in [0, 0.1) is 0 Å². The average molecular weight is 139 g/mol. The van der Waals surface area contributed by atoms with Crippen LogP contribution in [-0.2, 0) is 4.74 Å². The van der Waals surface area contributed by atoms with Gasteiger partial charge in [0.2, 0.25) is 0 Å². The van der Waals surface area contributed by atoms with Crippen LogP contribution in [0.3, 0.4) is 0 Å². The summed E-state index contributed by atoms with van der Waals surface area (Å²) in [6, 6.07) is 0. The van der Waals surface area contributed by atoms with Crippen molar-refractivity contribution in [2.45, 2.75) is 6.18 Å². The SMILES string of the molecule is FC(F)(F)C1=COCN1. The molecule has 0 amide bonds. The van der Waals surface area contributed by atoms with Crippen LogP contribution in [0.15, 0.2) is 12.0 Å². The zero-order valence-corrected chi connectivity index (χ0v) is 4.33. The second kappa shape index (κ2) is 1.82. The van der Waals surface area contributed by atoms with Gasteiger partial charge in [0.05, 0.1) is 0 Å². The topological polar surface area (TPSA) is 21.3 Å². The highest BCUT2D eigenvalue weighted by molar-refractivity contribution is 5.05. The summed E-state index contributed by atoms with van der Waals surface area (Å²) in [6.07, 6.45) is -3.63. The molecule has 0 bridgehead atoms. The van der Waals surface area contributed by atoms with E-state index in [9.17, 15) is 13.2 Å². The van der Waals surface area contributed by atoms with E-state index in [2.05, 4.69) is 4.74 Å². The zero-order chi connectivity index (χ0) is 6.91. The summed E-state index contributed by atoms with van der Waals surface area (Å²) in [5.74, 6) is 0. The molecule has 1 aliphatic heterocycles. The van der Waals surface area contributed by atoms with Gasteiger partial charge in [0.25, 0.3) is 0 Å². The number of hydrogen-bond donors (Lipinski definition) is 1. The van der Waals surface area contributed by atoms with Gasteiger partial charge in [0, 0.05) is 0 Å². The third-order valence-corrected chi connectivity index (χ3v) is 0.853. The molecular weight excluding hydrogens is 135 g/mol. The Labute approximate surface area is 49.3 Å². The van der Waals surface area contributed by atoms with Crippen LogP contribution >= 0.6 is 0 Å². The van der Waals surface area contributed by atoms with Crippen molar-refractivity contribution in [1.82, 2.24) is 5.32 Å². The number of halogens is 3. The maximum Gasteiger partial charge on any atom is 0.434 e. The first-order valence-electron chi connectivity index (χ1n) is 2.23. The number of nitrogens with one attached hydrogen (secondary N) is 1. The zero-order valence-electron chi connectivity index (χ0n) is 4.33. The van der Waals surface area contributed by atoms with Crippen molar-refractivity contribution in [1.29, 1.82) is 0 Å². The van der Waals surface area contributed by atoms with Crippen molar-refractivity contribution < 1.29 is 17.9 Å². The first-order valence-corrected chi connectivity index (χ1v) is 2.23. The van der Waals surface area contributed by atoms with Crippen molar-refractivity contribution in [3.63, 3.8) is 0 Å². The second-order valence-corrected chi connectivity index (χ2v) is 1.52. The van der Waals surface area contributed by atoms with E-state index in [4.69, 9.17) is 0 Å². The van der Waals surface area contributed by atoms with Gasteiger partial charge in [-0.15, -0.1) is 0 Å². The standard InChI is InChI=1S/C4H4F3NO/c5-4(6,7)3-1-9-2-8-3/h1,8H,2H2. The molecule has 0 aliphatic carbocycles. The Morgan fingerprint density at radius 3 is 2.44 bits per heavy atom. The lowest BCUT2D eigenvalue weighted by Gasteiger charge is -2.04. The highest BCUT2D eigenvalue weighted by Gasteiger charge is 2.35. The molecule has 1 aliphatic rings. The van der Waals surface area contributed by atoms with Gasteiger partial charge >= 0.3 is 6.18 Å². The molecule has 0 fully saturated rings. The van der Waals surface area contributed by atoms with Gasteiger partial charge in [-0.25, -0.2) is 0 Å². The lowest BCUT2D eigenvalue weighted by molar-refractivity contribution is -0.0955.